The van der Waals surface area contributed by atoms with Gasteiger partial charge in [0.15, 0.2) is 0 Å². The predicted octanol–water partition coefficient (Wildman–Crippen LogP) is 1.65. The molecule has 0 unspecified atom stereocenters. The predicted molar refractivity (Wildman–Crippen MR) is 39.0 cm³/mol. The van der Waals surface area contributed by atoms with E-state index in [0.29, 0.717) is 0 Å². The van der Waals surface area contributed by atoms with Gasteiger partial charge >= 0.3 is 0 Å². The molecule has 0 aliphatic heterocycles. The molecule has 0 aromatic carbocycles. The van der Waals surface area contributed by atoms with Crippen LogP contribution in [0, 0.1) is 0 Å². The number of allylic oxidation sites excluding steroid dienone is 2. The molecule has 0 heterocycles. The third-order valence-corrected chi connectivity index (χ3v) is 0.754. The number of hydrogen-bond donors (Lipinski definition) is 2. The van der Waals surface area contributed by atoms with Gasteiger partial charge in [-0.05, 0) is 6.08 Å². The summed E-state index contributed by atoms with van der Waals surface area (Å²) < 4.78 is 0. The molecule has 0 aliphatic carbocycles. The van der Waals surface area contributed by atoms with Gasteiger partial charge in [0.25, 0.3) is 0 Å². The van der Waals surface area contributed by atoms with Crippen molar-refractivity contribution in [2.45, 2.75) is 0 Å². The highest BCUT2D eigenvalue weighted by atomic mass is 35.5. The number of hydrogen-bond acceptors (Lipinski definition) is 2. The summed E-state index contributed by atoms with van der Waals surface area (Å²) >= 11 is 5.31. The van der Waals surface area contributed by atoms with E-state index in [0.717, 1.165) is 0 Å². The zero-order valence-corrected chi connectivity index (χ0v) is 5.65. The Bertz CT molecular complexity index is 172. The van der Waals surface area contributed by atoms with Crippen LogP contribution < -0.4 is 5.73 Å². The van der Waals surface area contributed by atoms with Crippen LogP contribution in [0.5, 0.6) is 0 Å². The Morgan fingerprint density at radius 2 is 2.00 bits per heavy atom. The molecule has 0 amide bonds. The molecule has 0 aromatic rings. The number of rotatable bonds is 2. The molecule has 0 spiro atoms. The van der Waals surface area contributed by atoms with Crippen LogP contribution in [0.25, 0.3) is 0 Å². The molecule has 0 aliphatic rings. The first kappa shape index (κ1) is 8.11. The Balaban J connectivity index is 4.17. The van der Waals surface area contributed by atoms with Gasteiger partial charge in [-0.3, -0.25) is 0 Å². The lowest BCUT2D eigenvalue weighted by Gasteiger charge is -1.94. The zero-order chi connectivity index (χ0) is 7.44. The van der Waals surface area contributed by atoms with Crippen molar-refractivity contribution in [1.29, 1.82) is 0 Å². The molecule has 0 atom stereocenters. The van der Waals surface area contributed by atoms with Crippen LogP contribution >= 0.6 is 11.6 Å². The van der Waals surface area contributed by atoms with E-state index in [2.05, 4.69) is 13.2 Å². The molecule has 0 saturated carbocycles. The highest BCUT2D eigenvalue weighted by Crippen LogP contribution is 2.03. The monoisotopic (exact) mass is 145 g/mol. The highest BCUT2D eigenvalue weighted by Gasteiger charge is 1.91. The summed E-state index contributed by atoms with van der Waals surface area (Å²) in [5.74, 6) is -0.197. The summed E-state index contributed by atoms with van der Waals surface area (Å²) in [4.78, 5) is 0. The summed E-state index contributed by atoms with van der Waals surface area (Å²) in [6, 6.07) is 0. The average Bonchev–Trinajstić information content (AvgIpc) is 1.63. The number of aliphatic hydroxyl groups excluding tert-OH is 1. The zero-order valence-electron chi connectivity index (χ0n) is 4.89. The topological polar surface area (TPSA) is 46.2 Å². The van der Waals surface area contributed by atoms with E-state index in [1.54, 1.807) is 0 Å². The Morgan fingerprint density at radius 1 is 1.56 bits per heavy atom. The van der Waals surface area contributed by atoms with Crippen LogP contribution in [0.1, 0.15) is 0 Å². The first-order chi connectivity index (χ1) is 4.04. The normalized spacial score (nSPS) is 11.0. The molecule has 0 bridgehead atoms. The first-order valence-corrected chi connectivity index (χ1v) is 2.61. The fourth-order valence-electron chi connectivity index (χ4n) is 0.252. The summed E-state index contributed by atoms with van der Waals surface area (Å²) in [6.45, 7) is 6.50. The van der Waals surface area contributed by atoms with Crippen LogP contribution in [-0.4, -0.2) is 5.11 Å². The second-order valence-electron chi connectivity index (χ2n) is 1.49. The van der Waals surface area contributed by atoms with Crippen LogP contribution in [0.15, 0.2) is 35.7 Å². The Labute approximate surface area is 58.9 Å². The maximum atomic E-state index is 8.58. The van der Waals surface area contributed by atoms with Crippen molar-refractivity contribution in [3.63, 3.8) is 0 Å². The largest absolute Gasteiger partial charge is 0.506 e. The standard InChI is InChI=1S/C6H8ClNO/c1-4(7)3-6(8)5(2)9/h3,9H,1-2,8H2/b6-3+. The lowest BCUT2D eigenvalue weighted by molar-refractivity contribution is 0.425. The van der Waals surface area contributed by atoms with Crippen LogP contribution in [-0.2, 0) is 0 Å². The van der Waals surface area contributed by atoms with Gasteiger partial charge in [0.1, 0.15) is 5.76 Å². The van der Waals surface area contributed by atoms with E-state index in [4.69, 9.17) is 22.4 Å². The Hall–Kier alpha value is -0.890. The molecule has 2 nitrogen and oxygen atoms in total. The van der Waals surface area contributed by atoms with Crippen molar-refractivity contribution in [2.75, 3.05) is 0 Å². The fourth-order valence-corrected chi connectivity index (χ4v) is 0.370. The molecule has 3 heteroatoms. The van der Waals surface area contributed by atoms with Crippen molar-refractivity contribution < 1.29 is 5.11 Å². The fraction of sp³-hybridized carbons (Fsp3) is 0. The van der Waals surface area contributed by atoms with Gasteiger partial charge in [0.2, 0.25) is 0 Å². The Kier molecular flexibility index (Phi) is 2.88. The van der Waals surface area contributed by atoms with Crippen molar-refractivity contribution in [3.8, 4) is 0 Å². The van der Waals surface area contributed by atoms with E-state index in [1.165, 1.54) is 6.08 Å². The number of halogens is 1. The smallest absolute Gasteiger partial charge is 0.131 e. The van der Waals surface area contributed by atoms with E-state index in [1.807, 2.05) is 0 Å². The van der Waals surface area contributed by atoms with Gasteiger partial charge in [0, 0.05) is 5.03 Å². The molecular weight excluding hydrogens is 138 g/mol. The van der Waals surface area contributed by atoms with Crippen molar-refractivity contribution >= 4 is 11.6 Å². The quantitative estimate of drug-likeness (QED) is 0.459. The highest BCUT2D eigenvalue weighted by molar-refractivity contribution is 6.30. The second-order valence-corrected chi connectivity index (χ2v) is 1.98. The lowest BCUT2D eigenvalue weighted by Crippen LogP contribution is -1.98. The lowest BCUT2D eigenvalue weighted by atomic mass is 10.3. The van der Waals surface area contributed by atoms with Crippen LogP contribution in [0.4, 0.5) is 0 Å². The van der Waals surface area contributed by atoms with E-state index in [9.17, 15) is 0 Å². The number of aliphatic hydroxyl groups is 1. The van der Waals surface area contributed by atoms with E-state index < -0.39 is 0 Å². The minimum Gasteiger partial charge on any atom is -0.506 e. The average molecular weight is 146 g/mol. The van der Waals surface area contributed by atoms with Crippen LogP contribution in [0.3, 0.4) is 0 Å². The minimum absolute atomic E-state index is 0.134. The minimum atomic E-state index is -0.197. The molecule has 9 heavy (non-hydrogen) atoms. The summed E-state index contributed by atoms with van der Waals surface area (Å²) in [7, 11) is 0. The van der Waals surface area contributed by atoms with Crippen molar-refractivity contribution in [2.24, 2.45) is 5.73 Å². The molecule has 0 radical (unpaired) electrons. The third kappa shape index (κ3) is 3.67. The van der Waals surface area contributed by atoms with Gasteiger partial charge in [-0.15, -0.1) is 0 Å². The SMILES string of the molecule is C=C(Cl)/C=C(/N)C(=C)O. The van der Waals surface area contributed by atoms with Gasteiger partial charge in [-0.1, -0.05) is 24.8 Å². The van der Waals surface area contributed by atoms with Gasteiger partial charge in [-0.2, -0.15) is 0 Å². The van der Waals surface area contributed by atoms with Crippen molar-refractivity contribution in [1.82, 2.24) is 0 Å². The summed E-state index contributed by atoms with van der Waals surface area (Å²) in [5, 5.41) is 8.85. The van der Waals surface area contributed by atoms with E-state index >= 15 is 0 Å². The maximum Gasteiger partial charge on any atom is 0.131 e. The number of nitrogens with two attached hydrogens (primary N) is 1. The van der Waals surface area contributed by atoms with Crippen LogP contribution in [0.2, 0.25) is 0 Å². The Morgan fingerprint density at radius 3 is 2.11 bits per heavy atom. The third-order valence-electron chi connectivity index (χ3n) is 0.645. The molecule has 0 fully saturated rings. The molecule has 0 saturated heterocycles. The van der Waals surface area contributed by atoms with Gasteiger partial charge in [-0.25, -0.2) is 0 Å². The summed E-state index contributed by atoms with van der Waals surface area (Å²) in [6.07, 6.45) is 1.32. The van der Waals surface area contributed by atoms with Crippen molar-refractivity contribution in [3.05, 3.63) is 35.7 Å². The molecule has 50 valence electrons. The molecule has 0 rings (SSSR count). The summed E-state index contributed by atoms with van der Waals surface area (Å²) in [5.41, 5.74) is 5.32. The molecular formula is C6H8ClNO. The maximum absolute atomic E-state index is 8.58. The van der Waals surface area contributed by atoms with E-state index in [-0.39, 0.29) is 16.5 Å². The van der Waals surface area contributed by atoms with Gasteiger partial charge in [0.05, 0.1) is 5.70 Å². The molecule has 0 aromatic heterocycles. The van der Waals surface area contributed by atoms with Gasteiger partial charge < -0.3 is 10.8 Å². The second kappa shape index (κ2) is 3.20. The first-order valence-electron chi connectivity index (χ1n) is 2.24. The molecule has 3 N–H and O–H groups in total.